The molecule has 35 valence electrons. The van der Waals surface area contributed by atoms with E-state index in [1.54, 1.807) is 0 Å². The molecule has 0 bridgehead atoms. The zero-order valence-electron chi connectivity index (χ0n) is 1.95. The van der Waals surface area contributed by atoms with Gasteiger partial charge in [-0.05, 0) is 0 Å². The van der Waals surface area contributed by atoms with Crippen molar-refractivity contribution in [3.8, 4) is 0 Å². The Kier molecular flexibility index (Phi) is 13.2. The largest absolute Gasteiger partial charge is 0 e. The summed E-state index contributed by atoms with van der Waals surface area (Å²) in [5, 5.41) is 0. The second-order valence-electron chi connectivity index (χ2n) is 0.214. The molecule has 5 heavy (non-hydrogen) atoms. The van der Waals surface area contributed by atoms with Crippen LogP contribution in [-0.4, -0.2) is 16.4 Å². The number of rotatable bonds is 0. The molecule has 0 aliphatic rings. The number of hydrogen-bond acceptors (Lipinski definition) is 0. The summed E-state index contributed by atoms with van der Waals surface area (Å²) in [5.74, 6) is 0. The Morgan fingerprint density at radius 2 is 1.00 bits per heavy atom. The van der Waals surface area contributed by atoms with Crippen LogP contribution < -0.4 is 0 Å². The zero-order chi connectivity index (χ0) is 3.58. The maximum Gasteiger partial charge on any atom is 0 e. The molecule has 0 saturated carbocycles. The summed E-state index contributed by atoms with van der Waals surface area (Å²) in [6.07, 6.45) is 0. The Morgan fingerprint density at radius 1 is 1.00 bits per heavy atom. The number of halogens is 3. The van der Waals surface area contributed by atoms with E-state index in [-0.39, 0.29) is 21.1 Å². The van der Waals surface area contributed by atoms with Crippen molar-refractivity contribution in [3.63, 3.8) is 0 Å². The van der Waals surface area contributed by atoms with E-state index in [2.05, 4.69) is 0 Å². The molecular formula is Cl3PtSn. The second kappa shape index (κ2) is 6.36. The third-order valence-electron chi connectivity index (χ3n) is 0. The van der Waals surface area contributed by atoms with E-state index in [4.69, 9.17) is 26.8 Å². The molecule has 0 saturated heterocycles. The van der Waals surface area contributed by atoms with Crippen LogP contribution in [0.2, 0.25) is 0 Å². The van der Waals surface area contributed by atoms with Gasteiger partial charge in [-0.25, -0.2) is 0 Å². The summed E-state index contributed by atoms with van der Waals surface area (Å²) in [6, 6.07) is 0. The van der Waals surface area contributed by atoms with Crippen LogP contribution in [0.5, 0.6) is 0 Å². The van der Waals surface area contributed by atoms with Gasteiger partial charge in [-0.3, -0.25) is 0 Å². The van der Waals surface area contributed by atoms with Crippen LogP contribution in [0.3, 0.4) is 0 Å². The molecular weight excluding hydrogens is 420 g/mol. The molecule has 0 aliphatic carbocycles. The average Bonchev–Trinajstić information content (AvgIpc) is 0.811. The maximum absolute atomic E-state index is 5.00. The fraction of sp³-hybridized carbons (Fsp3) is 0. The van der Waals surface area contributed by atoms with E-state index in [1.165, 1.54) is 0 Å². The van der Waals surface area contributed by atoms with Crippen molar-refractivity contribution in [1.82, 2.24) is 0 Å². The third-order valence-corrected chi connectivity index (χ3v) is 0. The molecule has 0 atom stereocenters. The summed E-state index contributed by atoms with van der Waals surface area (Å²) in [7, 11) is 15.0. The first-order valence-corrected chi connectivity index (χ1v) is 11.4. The molecule has 0 heterocycles. The topological polar surface area (TPSA) is 0 Å². The van der Waals surface area contributed by atoms with E-state index in [9.17, 15) is 0 Å². The maximum atomic E-state index is 5.00. The van der Waals surface area contributed by atoms with Crippen LogP contribution in [-0.2, 0) is 21.1 Å². The predicted molar refractivity (Wildman–Crippen MR) is 23.3 cm³/mol. The fourth-order valence-corrected chi connectivity index (χ4v) is 0. The Bertz CT molecular complexity index is 11.6. The fourth-order valence-electron chi connectivity index (χ4n) is 0. The first-order valence-electron chi connectivity index (χ1n) is 0.567. The van der Waals surface area contributed by atoms with Crippen LogP contribution in [0, 0.1) is 0 Å². The predicted octanol–water partition coefficient (Wildman–Crippen LogP) is 1.69. The molecule has 0 spiro atoms. The van der Waals surface area contributed by atoms with Gasteiger partial charge in [0, 0.05) is 21.1 Å². The van der Waals surface area contributed by atoms with E-state index >= 15 is 0 Å². The van der Waals surface area contributed by atoms with E-state index in [0.717, 1.165) is 0 Å². The normalized spacial score (nSPS) is 7.20. The van der Waals surface area contributed by atoms with Gasteiger partial charge in [0.25, 0.3) is 0 Å². The van der Waals surface area contributed by atoms with Gasteiger partial charge in [-0.1, -0.05) is 0 Å². The van der Waals surface area contributed by atoms with E-state index < -0.39 is 16.4 Å². The molecule has 1 radical (unpaired) electrons. The van der Waals surface area contributed by atoms with Gasteiger partial charge in [0.05, 0.1) is 0 Å². The molecule has 0 rings (SSSR count). The van der Waals surface area contributed by atoms with Crippen molar-refractivity contribution in [2.75, 3.05) is 0 Å². The van der Waals surface area contributed by atoms with Crippen molar-refractivity contribution < 1.29 is 21.1 Å². The molecule has 0 aromatic heterocycles. The minimum atomic E-state index is -2.13. The van der Waals surface area contributed by atoms with Gasteiger partial charge in [-0.15, -0.1) is 0 Å². The van der Waals surface area contributed by atoms with Gasteiger partial charge in [-0.2, -0.15) is 0 Å². The number of hydrogen-bond donors (Lipinski definition) is 0. The Labute approximate surface area is 63.3 Å². The van der Waals surface area contributed by atoms with Gasteiger partial charge < -0.3 is 0 Å². The molecule has 5 heteroatoms. The zero-order valence-corrected chi connectivity index (χ0v) is 9.34. The van der Waals surface area contributed by atoms with Crippen LogP contribution in [0.4, 0.5) is 0 Å². The monoisotopic (exact) mass is 420 g/mol. The third kappa shape index (κ3) is 21.7. The molecule has 0 amide bonds. The Balaban J connectivity index is 0. The minimum absolute atomic E-state index is 0. The Morgan fingerprint density at radius 3 is 1.00 bits per heavy atom. The molecule has 0 N–H and O–H groups in total. The molecule has 0 aromatic rings. The van der Waals surface area contributed by atoms with E-state index in [1.807, 2.05) is 0 Å². The first kappa shape index (κ1) is 10.4. The van der Waals surface area contributed by atoms with Gasteiger partial charge in [0.2, 0.25) is 0 Å². The van der Waals surface area contributed by atoms with Crippen molar-refractivity contribution in [1.29, 1.82) is 0 Å². The van der Waals surface area contributed by atoms with Crippen LogP contribution in [0.15, 0.2) is 0 Å². The van der Waals surface area contributed by atoms with Crippen molar-refractivity contribution in [2.24, 2.45) is 0 Å². The van der Waals surface area contributed by atoms with Crippen LogP contribution >= 0.6 is 26.8 Å². The summed E-state index contributed by atoms with van der Waals surface area (Å²) < 4.78 is 0. The van der Waals surface area contributed by atoms with Gasteiger partial charge >= 0.3 is 43.1 Å². The summed E-state index contributed by atoms with van der Waals surface area (Å²) >= 11 is -2.13. The average molecular weight is 420 g/mol. The standard InChI is InChI=1S/3ClH.Pt.Sn/h3*1H;;/q;;;;+3/p-3. The summed E-state index contributed by atoms with van der Waals surface area (Å²) in [5.41, 5.74) is 0. The molecule has 0 nitrogen and oxygen atoms in total. The van der Waals surface area contributed by atoms with Crippen LogP contribution in [0.1, 0.15) is 0 Å². The van der Waals surface area contributed by atoms with E-state index in [0.29, 0.717) is 0 Å². The summed E-state index contributed by atoms with van der Waals surface area (Å²) in [6.45, 7) is 0. The quantitative estimate of drug-likeness (QED) is 0.524. The molecule has 0 fully saturated rings. The van der Waals surface area contributed by atoms with Crippen LogP contribution in [0.25, 0.3) is 0 Å². The van der Waals surface area contributed by atoms with Gasteiger partial charge in [0.1, 0.15) is 0 Å². The summed E-state index contributed by atoms with van der Waals surface area (Å²) in [4.78, 5) is 0. The Hall–Kier alpha value is 2.36. The minimum Gasteiger partial charge on any atom is 0 e. The molecule has 0 unspecified atom stereocenters. The van der Waals surface area contributed by atoms with Crippen molar-refractivity contribution >= 4 is 43.1 Å². The molecule has 0 aromatic carbocycles. The van der Waals surface area contributed by atoms with Crippen molar-refractivity contribution in [2.45, 2.75) is 0 Å². The van der Waals surface area contributed by atoms with Crippen molar-refractivity contribution in [3.05, 3.63) is 0 Å². The molecule has 0 aliphatic heterocycles. The smallest absolute Gasteiger partial charge is 0 e. The SMILES string of the molecule is [Cl][Sn]([Cl])[Cl].[Pt]. The first-order chi connectivity index (χ1) is 1.73. The second-order valence-corrected chi connectivity index (χ2v) is 12.9. The van der Waals surface area contributed by atoms with Gasteiger partial charge in [0.15, 0.2) is 0 Å².